The van der Waals surface area contributed by atoms with Gasteiger partial charge in [-0.2, -0.15) is 4.98 Å². The van der Waals surface area contributed by atoms with Crippen LogP contribution in [-0.4, -0.2) is 35.0 Å². The van der Waals surface area contributed by atoms with Gasteiger partial charge in [0.1, 0.15) is 11.6 Å². The van der Waals surface area contributed by atoms with Crippen molar-refractivity contribution in [3.8, 4) is 5.75 Å². The largest absolute Gasteiger partial charge is 0.497 e. The highest BCUT2D eigenvalue weighted by Gasteiger charge is 2.21. The Morgan fingerprint density at radius 2 is 1.93 bits per heavy atom. The quantitative estimate of drug-likeness (QED) is 0.536. The summed E-state index contributed by atoms with van der Waals surface area (Å²) < 4.78 is 23.3. The van der Waals surface area contributed by atoms with E-state index in [0.717, 1.165) is 11.3 Å². The number of halogens is 1. The third-order valence-corrected chi connectivity index (χ3v) is 4.13. The SMILES string of the molecule is COc1ccc(C[C@H](NC(=O)Nc2ccc(F)cc2)c2noc(CCO)n2)cc1. The van der Waals surface area contributed by atoms with Crippen LogP contribution in [0.15, 0.2) is 53.1 Å². The zero-order chi connectivity index (χ0) is 20.6. The molecule has 0 bridgehead atoms. The number of aliphatic hydroxyl groups is 1. The molecule has 9 heteroatoms. The number of aromatic nitrogens is 2. The Bertz CT molecular complexity index is 928. The van der Waals surface area contributed by atoms with Gasteiger partial charge in [0.15, 0.2) is 5.82 Å². The molecule has 8 nitrogen and oxygen atoms in total. The number of methoxy groups -OCH3 is 1. The number of urea groups is 1. The van der Waals surface area contributed by atoms with Crippen molar-refractivity contribution in [1.82, 2.24) is 15.5 Å². The first kappa shape index (κ1) is 20.3. The summed E-state index contributed by atoms with van der Waals surface area (Å²) in [4.78, 5) is 16.7. The van der Waals surface area contributed by atoms with Crippen molar-refractivity contribution >= 4 is 11.7 Å². The molecule has 29 heavy (non-hydrogen) atoms. The molecule has 2 amide bonds. The Labute approximate surface area is 166 Å². The Hall–Kier alpha value is -3.46. The van der Waals surface area contributed by atoms with Crippen molar-refractivity contribution in [2.75, 3.05) is 19.0 Å². The van der Waals surface area contributed by atoms with E-state index in [1.165, 1.54) is 24.3 Å². The van der Waals surface area contributed by atoms with Crippen LogP contribution in [0.4, 0.5) is 14.9 Å². The van der Waals surface area contributed by atoms with Crippen LogP contribution in [0.25, 0.3) is 0 Å². The molecule has 0 saturated carbocycles. The summed E-state index contributed by atoms with van der Waals surface area (Å²) in [7, 11) is 1.58. The van der Waals surface area contributed by atoms with Crippen molar-refractivity contribution < 1.29 is 23.6 Å². The van der Waals surface area contributed by atoms with Crippen molar-refractivity contribution in [2.45, 2.75) is 18.9 Å². The second kappa shape index (κ2) is 9.65. The number of nitrogens with zero attached hydrogens (tertiary/aromatic N) is 2. The Balaban J connectivity index is 1.75. The standard InChI is InChI=1S/C20H21FN4O4/c1-28-16-8-2-13(3-9-16)12-17(19-24-18(10-11-26)29-25-19)23-20(27)22-15-6-4-14(21)5-7-15/h2-9,17,26H,10-12H2,1H3,(H2,22,23,27)/t17-/m0/s1. The van der Waals surface area contributed by atoms with E-state index in [2.05, 4.69) is 20.8 Å². The molecule has 0 radical (unpaired) electrons. The summed E-state index contributed by atoms with van der Waals surface area (Å²) in [5.41, 5.74) is 1.37. The number of aliphatic hydroxyl groups excluding tert-OH is 1. The van der Waals surface area contributed by atoms with Gasteiger partial charge in [0.25, 0.3) is 0 Å². The first-order valence-electron chi connectivity index (χ1n) is 8.96. The van der Waals surface area contributed by atoms with E-state index in [0.29, 0.717) is 17.9 Å². The van der Waals surface area contributed by atoms with Crippen molar-refractivity contribution in [2.24, 2.45) is 0 Å². The number of anilines is 1. The molecule has 0 aliphatic carbocycles. The number of benzene rings is 2. The highest BCUT2D eigenvalue weighted by atomic mass is 19.1. The predicted molar refractivity (Wildman–Crippen MR) is 103 cm³/mol. The average Bonchev–Trinajstić information content (AvgIpc) is 3.19. The number of carbonyl (C=O) groups excluding carboxylic acids is 1. The molecule has 0 aliphatic rings. The molecule has 1 aromatic heterocycles. The van der Waals surface area contributed by atoms with Gasteiger partial charge < -0.3 is 25.0 Å². The number of amides is 2. The van der Waals surface area contributed by atoms with Gasteiger partial charge in [0.05, 0.1) is 26.2 Å². The average molecular weight is 400 g/mol. The molecular formula is C20H21FN4O4. The van der Waals surface area contributed by atoms with E-state index < -0.39 is 17.9 Å². The summed E-state index contributed by atoms with van der Waals surface area (Å²) in [5.74, 6) is 0.898. The molecule has 3 N–H and O–H groups in total. The minimum absolute atomic E-state index is 0.122. The molecule has 0 unspecified atom stereocenters. The first-order valence-corrected chi connectivity index (χ1v) is 8.96. The number of carbonyl (C=O) groups is 1. The van der Waals surface area contributed by atoms with Crippen LogP contribution in [0.5, 0.6) is 5.75 Å². The van der Waals surface area contributed by atoms with Crippen LogP contribution in [0, 0.1) is 5.82 Å². The molecule has 2 aromatic carbocycles. The fourth-order valence-corrected chi connectivity index (χ4v) is 2.67. The second-order valence-corrected chi connectivity index (χ2v) is 6.23. The van der Waals surface area contributed by atoms with Gasteiger partial charge >= 0.3 is 6.03 Å². The van der Waals surface area contributed by atoms with E-state index in [-0.39, 0.29) is 18.9 Å². The summed E-state index contributed by atoms with van der Waals surface area (Å²) in [6.07, 6.45) is 0.628. The molecule has 1 heterocycles. The second-order valence-electron chi connectivity index (χ2n) is 6.23. The smallest absolute Gasteiger partial charge is 0.319 e. The Morgan fingerprint density at radius 3 is 2.59 bits per heavy atom. The summed E-state index contributed by atoms with van der Waals surface area (Å²) in [6, 6.07) is 11.7. The molecule has 3 rings (SSSR count). The third kappa shape index (κ3) is 5.76. The topological polar surface area (TPSA) is 110 Å². The maximum absolute atomic E-state index is 13.0. The van der Waals surface area contributed by atoms with Gasteiger partial charge in [0, 0.05) is 12.1 Å². The summed E-state index contributed by atoms with van der Waals surface area (Å²) in [6.45, 7) is -0.122. The molecule has 0 spiro atoms. The monoisotopic (exact) mass is 400 g/mol. The number of nitrogens with one attached hydrogen (secondary N) is 2. The zero-order valence-electron chi connectivity index (χ0n) is 15.8. The van der Waals surface area contributed by atoms with Crippen molar-refractivity contribution in [3.63, 3.8) is 0 Å². The lowest BCUT2D eigenvalue weighted by Crippen LogP contribution is -2.34. The first-order chi connectivity index (χ1) is 14.1. The highest BCUT2D eigenvalue weighted by molar-refractivity contribution is 5.89. The van der Waals surface area contributed by atoms with Gasteiger partial charge in [-0.3, -0.25) is 0 Å². The molecule has 0 saturated heterocycles. The van der Waals surface area contributed by atoms with Gasteiger partial charge in [-0.05, 0) is 42.0 Å². The maximum atomic E-state index is 13.0. The third-order valence-electron chi connectivity index (χ3n) is 4.13. The fraction of sp³-hybridized carbons (Fsp3) is 0.250. The molecule has 0 aliphatic heterocycles. The normalized spacial score (nSPS) is 11.7. The van der Waals surface area contributed by atoms with E-state index in [9.17, 15) is 9.18 Å². The van der Waals surface area contributed by atoms with Gasteiger partial charge in [-0.15, -0.1) is 0 Å². The number of ether oxygens (including phenoxy) is 1. The highest BCUT2D eigenvalue weighted by Crippen LogP contribution is 2.19. The van der Waals surface area contributed by atoms with Crippen LogP contribution in [0.2, 0.25) is 0 Å². The lowest BCUT2D eigenvalue weighted by atomic mass is 10.1. The minimum atomic E-state index is -0.583. The zero-order valence-corrected chi connectivity index (χ0v) is 15.8. The molecular weight excluding hydrogens is 379 g/mol. The van der Waals surface area contributed by atoms with Crippen molar-refractivity contribution in [3.05, 3.63) is 71.6 Å². The lowest BCUT2D eigenvalue weighted by molar-refractivity contribution is 0.247. The molecule has 3 aromatic rings. The van der Waals surface area contributed by atoms with Crippen LogP contribution in [-0.2, 0) is 12.8 Å². The van der Waals surface area contributed by atoms with E-state index in [4.69, 9.17) is 14.4 Å². The van der Waals surface area contributed by atoms with Crippen molar-refractivity contribution in [1.29, 1.82) is 0 Å². The van der Waals surface area contributed by atoms with E-state index >= 15 is 0 Å². The predicted octanol–water partition coefficient (Wildman–Crippen LogP) is 2.86. The van der Waals surface area contributed by atoms with Crippen LogP contribution < -0.4 is 15.4 Å². The summed E-state index contributed by atoms with van der Waals surface area (Å²) >= 11 is 0. The Morgan fingerprint density at radius 1 is 1.21 bits per heavy atom. The van der Waals surface area contributed by atoms with Crippen LogP contribution in [0.3, 0.4) is 0 Å². The lowest BCUT2D eigenvalue weighted by Gasteiger charge is -2.16. The fourth-order valence-electron chi connectivity index (χ4n) is 2.67. The van der Waals surface area contributed by atoms with Gasteiger partial charge in [0.2, 0.25) is 5.89 Å². The Kier molecular flexibility index (Phi) is 6.75. The molecule has 0 fully saturated rings. The van der Waals surface area contributed by atoms with Gasteiger partial charge in [-0.1, -0.05) is 17.3 Å². The van der Waals surface area contributed by atoms with Crippen LogP contribution >= 0.6 is 0 Å². The van der Waals surface area contributed by atoms with Crippen LogP contribution in [0.1, 0.15) is 23.3 Å². The van der Waals surface area contributed by atoms with E-state index in [1.807, 2.05) is 24.3 Å². The molecule has 1 atom stereocenters. The van der Waals surface area contributed by atoms with E-state index in [1.54, 1.807) is 7.11 Å². The number of hydrogen-bond acceptors (Lipinski definition) is 6. The number of hydrogen-bond donors (Lipinski definition) is 3. The maximum Gasteiger partial charge on any atom is 0.319 e. The minimum Gasteiger partial charge on any atom is -0.497 e. The van der Waals surface area contributed by atoms with Gasteiger partial charge in [-0.25, -0.2) is 9.18 Å². The molecule has 152 valence electrons. The summed E-state index contributed by atoms with van der Waals surface area (Å²) in [5, 5.41) is 18.4. The number of rotatable bonds is 8.